The molecule has 1 rings (SSSR count). The van der Waals surface area contributed by atoms with Gasteiger partial charge in [-0.25, -0.2) is 4.79 Å². The third-order valence-corrected chi connectivity index (χ3v) is 1.45. The molecule has 0 fully saturated rings. The number of rotatable bonds is 2. The molecular formula is C9H7ClN2O2. The zero-order valence-corrected chi connectivity index (χ0v) is 7.85. The lowest BCUT2D eigenvalue weighted by atomic mass is 10.2. The highest BCUT2D eigenvalue weighted by atomic mass is 35.5. The molecule has 0 atom stereocenters. The van der Waals surface area contributed by atoms with Crippen LogP contribution in [0.2, 0.25) is 0 Å². The lowest BCUT2D eigenvalue weighted by molar-refractivity contribution is -0.131. The maximum atomic E-state index is 10.2. The van der Waals surface area contributed by atoms with Crippen LogP contribution in [0.15, 0.2) is 30.3 Å². The largest absolute Gasteiger partial charge is 1.00 e. The predicted octanol–water partition coefficient (Wildman–Crippen LogP) is -0.727. The number of hydrogen-bond acceptors (Lipinski definition) is 2. The summed E-state index contributed by atoms with van der Waals surface area (Å²) in [7, 11) is 0. The molecule has 0 amide bonds. The quantitative estimate of drug-likeness (QED) is 0.517. The lowest BCUT2D eigenvalue weighted by Crippen LogP contribution is -3.00. The molecular weight excluding hydrogens is 204 g/mol. The van der Waals surface area contributed by atoms with E-state index in [0.29, 0.717) is 11.3 Å². The van der Waals surface area contributed by atoms with Crippen molar-refractivity contribution in [1.82, 2.24) is 0 Å². The van der Waals surface area contributed by atoms with Gasteiger partial charge < -0.3 is 17.5 Å². The Bertz CT molecular complexity index is 396. The van der Waals surface area contributed by atoms with Gasteiger partial charge in [-0.1, -0.05) is 12.1 Å². The van der Waals surface area contributed by atoms with Crippen LogP contribution in [-0.4, -0.2) is 11.1 Å². The normalized spacial score (nSPS) is 9.07. The number of benzene rings is 1. The Morgan fingerprint density at radius 3 is 2.64 bits per heavy atom. The lowest BCUT2D eigenvalue weighted by Gasteiger charge is -1.85. The molecule has 5 heteroatoms. The first-order chi connectivity index (χ1) is 6.24. The Morgan fingerprint density at radius 2 is 2.07 bits per heavy atom. The van der Waals surface area contributed by atoms with Crippen molar-refractivity contribution in [2.75, 3.05) is 0 Å². The summed E-state index contributed by atoms with van der Waals surface area (Å²) in [6.07, 6.45) is 2.36. The molecule has 0 radical (unpaired) electrons. The van der Waals surface area contributed by atoms with Crippen LogP contribution in [-0.2, 0) is 4.79 Å². The standard InChI is InChI=1S/C9H6N2O2.ClH/c10-11-8-4-2-1-3-7(8)5-6-9(12)13;/h1-6H;1H/b6-5+;. The molecule has 0 heterocycles. The van der Waals surface area contributed by atoms with E-state index >= 15 is 0 Å². The van der Waals surface area contributed by atoms with Crippen LogP contribution in [0, 0.1) is 5.39 Å². The third kappa shape index (κ3) is 3.25. The van der Waals surface area contributed by atoms with Gasteiger partial charge in [0, 0.05) is 12.1 Å². The molecule has 0 aliphatic heterocycles. The molecule has 0 aliphatic carbocycles. The zero-order valence-electron chi connectivity index (χ0n) is 7.09. The summed E-state index contributed by atoms with van der Waals surface area (Å²) in [5.74, 6) is -1.03. The van der Waals surface area contributed by atoms with Gasteiger partial charge in [-0.3, -0.25) is 0 Å². The zero-order chi connectivity index (χ0) is 9.68. The summed E-state index contributed by atoms with van der Waals surface area (Å²) in [4.78, 5) is 13.2. The molecule has 0 unspecified atom stereocenters. The Labute approximate surface area is 86.9 Å². The molecule has 0 saturated carbocycles. The number of carbonyl (C=O) groups is 1. The van der Waals surface area contributed by atoms with Crippen molar-refractivity contribution in [3.05, 3.63) is 40.9 Å². The maximum Gasteiger partial charge on any atom is 0.392 e. The van der Waals surface area contributed by atoms with Crippen LogP contribution in [0.3, 0.4) is 0 Å². The Kier molecular flexibility index (Phi) is 4.97. The van der Waals surface area contributed by atoms with Crippen molar-refractivity contribution in [2.45, 2.75) is 0 Å². The van der Waals surface area contributed by atoms with E-state index in [0.717, 1.165) is 6.08 Å². The minimum Gasteiger partial charge on any atom is -1.00 e. The molecule has 1 aromatic rings. The average Bonchev–Trinajstić information content (AvgIpc) is 2.15. The fourth-order valence-electron chi connectivity index (χ4n) is 0.881. The van der Waals surface area contributed by atoms with E-state index in [1.165, 1.54) is 6.08 Å². The second kappa shape index (κ2) is 5.73. The number of nitrogens with zero attached hydrogens (tertiary/aromatic N) is 2. The minimum atomic E-state index is -1.03. The Morgan fingerprint density at radius 1 is 1.43 bits per heavy atom. The highest BCUT2D eigenvalue weighted by molar-refractivity contribution is 5.86. The molecule has 1 aromatic carbocycles. The maximum absolute atomic E-state index is 10.2. The van der Waals surface area contributed by atoms with Crippen molar-refractivity contribution in [3.63, 3.8) is 0 Å². The molecule has 1 N–H and O–H groups in total. The highest BCUT2D eigenvalue weighted by Crippen LogP contribution is 2.19. The summed E-state index contributed by atoms with van der Waals surface area (Å²) in [6, 6.07) is 6.68. The van der Waals surface area contributed by atoms with Crippen LogP contribution in [0.1, 0.15) is 5.56 Å². The van der Waals surface area contributed by atoms with Crippen LogP contribution in [0.25, 0.3) is 11.1 Å². The second-order valence-electron chi connectivity index (χ2n) is 2.33. The van der Waals surface area contributed by atoms with Gasteiger partial charge in [0.15, 0.2) is 4.98 Å². The topological polar surface area (TPSA) is 65.5 Å². The van der Waals surface area contributed by atoms with Gasteiger partial charge in [0.1, 0.15) is 0 Å². The number of hydrogen-bond donors (Lipinski definition) is 1. The van der Waals surface area contributed by atoms with E-state index in [9.17, 15) is 4.79 Å². The Hall–Kier alpha value is -1.86. The summed E-state index contributed by atoms with van der Waals surface area (Å²) >= 11 is 0. The molecule has 0 spiro atoms. The second-order valence-corrected chi connectivity index (χ2v) is 2.33. The fourth-order valence-corrected chi connectivity index (χ4v) is 0.881. The van der Waals surface area contributed by atoms with Gasteiger partial charge in [-0.05, 0) is 12.1 Å². The highest BCUT2D eigenvalue weighted by Gasteiger charge is 2.08. The van der Waals surface area contributed by atoms with E-state index in [-0.39, 0.29) is 12.4 Å². The third-order valence-electron chi connectivity index (χ3n) is 1.45. The van der Waals surface area contributed by atoms with E-state index in [4.69, 9.17) is 10.5 Å². The summed E-state index contributed by atoms with van der Waals surface area (Å²) in [5.41, 5.74) is 0.910. The molecule has 0 saturated heterocycles. The smallest absolute Gasteiger partial charge is 0.392 e. The van der Waals surface area contributed by atoms with Crippen LogP contribution in [0.5, 0.6) is 0 Å². The van der Waals surface area contributed by atoms with Crippen molar-refractivity contribution >= 4 is 17.7 Å². The summed E-state index contributed by atoms with van der Waals surface area (Å²) in [5, 5.41) is 16.9. The first kappa shape index (κ1) is 12.1. The van der Waals surface area contributed by atoms with Crippen LogP contribution in [0.4, 0.5) is 5.69 Å². The molecule has 14 heavy (non-hydrogen) atoms. The number of halogens is 1. The number of carboxylic acids is 1. The van der Waals surface area contributed by atoms with Crippen molar-refractivity contribution in [2.24, 2.45) is 0 Å². The van der Waals surface area contributed by atoms with E-state index in [1.54, 1.807) is 24.3 Å². The molecule has 0 aromatic heterocycles. The van der Waals surface area contributed by atoms with Crippen molar-refractivity contribution in [1.29, 1.82) is 5.39 Å². The number of diazo groups is 1. The van der Waals surface area contributed by atoms with E-state index in [2.05, 4.69) is 4.98 Å². The molecule has 0 bridgehead atoms. The average molecular weight is 211 g/mol. The van der Waals surface area contributed by atoms with Gasteiger partial charge >= 0.3 is 11.7 Å². The van der Waals surface area contributed by atoms with Gasteiger partial charge in [0.2, 0.25) is 5.39 Å². The summed E-state index contributed by atoms with van der Waals surface area (Å²) < 4.78 is 0. The minimum absolute atomic E-state index is 0. The first-order valence-electron chi connectivity index (χ1n) is 3.59. The predicted molar refractivity (Wildman–Crippen MR) is 47.9 cm³/mol. The number of carboxylic acid groups (broad SMARTS) is 1. The van der Waals surface area contributed by atoms with Gasteiger partial charge in [-0.15, -0.1) is 0 Å². The molecule has 4 nitrogen and oxygen atoms in total. The van der Waals surface area contributed by atoms with Crippen LogP contribution < -0.4 is 12.4 Å². The Balaban J connectivity index is 0.00000169. The van der Waals surface area contributed by atoms with Gasteiger partial charge in [0.25, 0.3) is 0 Å². The fraction of sp³-hybridized carbons (Fsp3) is 0. The van der Waals surface area contributed by atoms with Gasteiger partial charge in [0.05, 0.1) is 5.56 Å². The molecule has 0 aliphatic rings. The van der Waals surface area contributed by atoms with E-state index < -0.39 is 5.97 Å². The first-order valence-corrected chi connectivity index (χ1v) is 3.59. The van der Waals surface area contributed by atoms with Gasteiger partial charge in [-0.2, -0.15) is 0 Å². The monoisotopic (exact) mass is 210 g/mol. The van der Waals surface area contributed by atoms with Crippen molar-refractivity contribution < 1.29 is 22.3 Å². The number of aliphatic carboxylic acids is 1. The van der Waals surface area contributed by atoms with Crippen molar-refractivity contribution in [3.8, 4) is 0 Å². The van der Waals surface area contributed by atoms with E-state index in [1.807, 2.05) is 0 Å². The van der Waals surface area contributed by atoms with Crippen LogP contribution >= 0.6 is 0 Å². The summed E-state index contributed by atoms with van der Waals surface area (Å²) in [6.45, 7) is 0. The SMILES string of the molecule is N#[N+]c1ccccc1/C=C/C(=O)O.[Cl-]. The molecule has 72 valence electrons.